The minimum Gasteiger partial charge on any atom is -0.507 e. The summed E-state index contributed by atoms with van der Waals surface area (Å²) in [4.78, 5) is 5.21. The fourth-order valence-corrected chi connectivity index (χ4v) is 5.96. The van der Waals surface area contributed by atoms with Crippen LogP contribution in [0.1, 0.15) is 104 Å². The molecule has 36 heavy (non-hydrogen) atoms. The first-order chi connectivity index (χ1) is 16.8. The molecule has 2 aromatic rings. The molecule has 1 heterocycles. The molecular formula is C32H50N2O2. The van der Waals surface area contributed by atoms with Gasteiger partial charge < -0.3 is 10.2 Å². The number of phenols is 2. The van der Waals surface area contributed by atoms with Gasteiger partial charge >= 0.3 is 0 Å². The van der Waals surface area contributed by atoms with Crippen LogP contribution in [-0.4, -0.2) is 45.7 Å². The zero-order valence-electron chi connectivity index (χ0n) is 24.5. The van der Waals surface area contributed by atoms with Crippen molar-refractivity contribution in [3.8, 4) is 11.5 Å². The van der Waals surface area contributed by atoms with E-state index in [-0.39, 0.29) is 0 Å². The lowest BCUT2D eigenvalue weighted by Gasteiger charge is -2.43. The predicted octanol–water partition coefficient (Wildman–Crippen LogP) is 7.31. The normalized spacial score (nSPS) is 17.6. The minimum atomic E-state index is 0.314. The summed E-state index contributed by atoms with van der Waals surface area (Å²) >= 11 is 0. The van der Waals surface area contributed by atoms with Crippen LogP contribution in [0.15, 0.2) is 12.1 Å². The Morgan fingerprint density at radius 1 is 0.750 bits per heavy atom. The maximum absolute atomic E-state index is 10.9. The van der Waals surface area contributed by atoms with E-state index in [4.69, 9.17) is 0 Å². The zero-order valence-corrected chi connectivity index (χ0v) is 24.5. The molecular weight excluding hydrogens is 444 g/mol. The number of phenolic OH excluding ortho intramolecular Hbond substituents is 2. The molecule has 1 atom stereocenters. The van der Waals surface area contributed by atoms with Crippen LogP contribution in [0.25, 0.3) is 0 Å². The minimum absolute atomic E-state index is 0.314. The van der Waals surface area contributed by atoms with Crippen molar-refractivity contribution in [1.29, 1.82) is 0 Å². The molecule has 0 bridgehead atoms. The molecule has 2 N–H and O–H groups in total. The van der Waals surface area contributed by atoms with E-state index in [9.17, 15) is 10.2 Å². The molecule has 3 rings (SSSR count). The van der Waals surface area contributed by atoms with Crippen molar-refractivity contribution in [1.82, 2.24) is 9.80 Å². The number of aromatic hydroxyl groups is 2. The average Bonchev–Trinajstić information content (AvgIpc) is 2.79. The van der Waals surface area contributed by atoms with Gasteiger partial charge in [0.1, 0.15) is 11.5 Å². The molecule has 0 aliphatic carbocycles. The monoisotopic (exact) mass is 494 g/mol. The molecule has 1 unspecified atom stereocenters. The number of hydrogen-bond donors (Lipinski definition) is 2. The van der Waals surface area contributed by atoms with Gasteiger partial charge in [0, 0.05) is 38.8 Å². The van der Waals surface area contributed by atoms with Gasteiger partial charge in [-0.25, -0.2) is 0 Å². The lowest BCUT2D eigenvalue weighted by atomic mass is 9.91. The van der Waals surface area contributed by atoms with E-state index < -0.39 is 0 Å². The lowest BCUT2D eigenvalue weighted by Crippen LogP contribution is -2.52. The van der Waals surface area contributed by atoms with E-state index in [2.05, 4.69) is 91.2 Å². The Morgan fingerprint density at radius 3 is 1.67 bits per heavy atom. The van der Waals surface area contributed by atoms with Crippen LogP contribution in [0, 0.1) is 33.6 Å². The Hall–Kier alpha value is -2.04. The fourth-order valence-electron chi connectivity index (χ4n) is 5.96. The van der Waals surface area contributed by atoms with Gasteiger partial charge in [0.2, 0.25) is 0 Å². The van der Waals surface area contributed by atoms with Crippen molar-refractivity contribution >= 4 is 0 Å². The van der Waals surface area contributed by atoms with Crippen molar-refractivity contribution in [2.45, 2.75) is 107 Å². The number of piperazine rings is 1. The van der Waals surface area contributed by atoms with Crippen LogP contribution in [0.3, 0.4) is 0 Å². The van der Waals surface area contributed by atoms with Crippen molar-refractivity contribution in [3.63, 3.8) is 0 Å². The SMILES string of the molecule is Cc1cc(C(C)C)c(O)c(C)c1CN1CCN(Cc2c(C)cc(C(C)C)c(O)c2C)C(CC(C)C)C1. The van der Waals surface area contributed by atoms with Crippen LogP contribution < -0.4 is 0 Å². The van der Waals surface area contributed by atoms with Gasteiger partial charge in [0.15, 0.2) is 0 Å². The van der Waals surface area contributed by atoms with Gasteiger partial charge in [0.25, 0.3) is 0 Å². The molecule has 200 valence electrons. The molecule has 1 saturated heterocycles. The second kappa shape index (κ2) is 11.6. The Balaban J connectivity index is 1.83. The van der Waals surface area contributed by atoms with E-state index in [0.717, 1.165) is 61.4 Å². The van der Waals surface area contributed by atoms with E-state index in [1.165, 1.54) is 22.3 Å². The molecule has 0 saturated carbocycles. The molecule has 1 fully saturated rings. The molecule has 0 radical (unpaired) electrons. The van der Waals surface area contributed by atoms with Crippen LogP contribution in [0.4, 0.5) is 0 Å². The number of rotatable bonds is 8. The average molecular weight is 495 g/mol. The van der Waals surface area contributed by atoms with Gasteiger partial charge in [-0.2, -0.15) is 0 Å². The highest BCUT2D eigenvalue weighted by Gasteiger charge is 2.30. The summed E-state index contributed by atoms with van der Waals surface area (Å²) in [6.07, 6.45) is 1.15. The molecule has 1 aliphatic rings. The second-order valence-corrected chi connectivity index (χ2v) is 12.3. The maximum Gasteiger partial charge on any atom is 0.122 e. The number of hydrogen-bond acceptors (Lipinski definition) is 4. The Morgan fingerprint density at radius 2 is 1.22 bits per heavy atom. The first-order valence-electron chi connectivity index (χ1n) is 13.9. The van der Waals surface area contributed by atoms with Crippen LogP contribution in [0.2, 0.25) is 0 Å². The topological polar surface area (TPSA) is 46.9 Å². The smallest absolute Gasteiger partial charge is 0.122 e. The Bertz CT molecular complexity index is 1070. The zero-order chi connectivity index (χ0) is 26.9. The summed E-state index contributed by atoms with van der Waals surface area (Å²) < 4.78 is 0. The van der Waals surface area contributed by atoms with Crippen LogP contribution in [-0.2, 0) is 13.1 Å². The van der Waals surface area contributed by atoms with Crippen LogP contribution >= 0.6 is 0 Å². The highest BCUT2D eigenvalue weighted by atomic mass is 16.3. The third-order valence-electron chi connectivity index (χ3n) is 8.28. The number of nitrogens with zero attached hydrogens (tertiary/aromatic N) is 2. The molecule has 0 aromatic heterocycles. The molecule has 0 amide bonds. The first-order valence-corrected chi connectivity index (χ1v) is 13.9. The largest absolute Gasteiger partial charge is 0.507 e. The summed E-state index contributed by atoms with van der Waals surface area (Å²) in [6.45, 7) is 26.5. The lowest BCUT2D eigenvalue weighted by molar-refractivity contribution is 0.0526. The summed E-state index contributed by atoms with van der Waals surface area (Å²) in [5.74, 6) is 2.19. The predicted molar refractivity (Wildman–Crippen MR) is 152 cm³/mol. The Labute approximate surface area is 220 Å². The van der Waals surface area contributed by atoms with Gasteiger partial charge in [0.05, 0.1) is 0 Å². The number of aryl methyl sites for hydroxylation is 2. The summed E-state index contributed by atoms with van der Waals surface area (Å²) in [7, 11) is 0. The van der Waals surface area contributed by atoms with Crippen molar-refractivity contribution in [2.24, 2.45) is 5.92 Å². The van der Waals surface area contributed by atoms with Gasteiger partial charge in [-0.3, -0.25) is 9.80 Å². The third kappa shape index (κ3) is 6.08. The molecule has 4 nitrogen and oxygen atoms in total. The van der Waals surface area contributed by atoms with Gasteiger partial charge in [-0.1, -0.05) is 53.7 Å². The fraction of sp³-hybridized carbons (Fsp3) is 0.625. The second-order valence-electron chi connectivity index (χ2n) is 12.3. The summed E-state index contributed by atoms with van der Waals surface area (Å²) in [5.41, 5.74) is 9.29. The number of benzene rings is 2. The van der Waals surface area contributed by atoms with Crippen LogP contribution in [0.5, 0.6) is 11.5 Å². The summed E-state index contributed by atoms with van der Waals surface area (Å²) in [5, 5.41) is 21.8. The highest BCUT2D eigenvalue weighted by molar-refractivity contribution is 5.51. The standard InChI is InChI=1S/C32H50N2O2/c1-19(2)13-26-16-33(17-29-22(7)14-27(20(3)4)31(35)24(29)9)11-12-34(26)18-30-23(8)15-28(21(5)6)32(36)25(30)10/h14-15,19-21,26,35-36H,11-13,16-18H2,1-10H3. The maximum atomic E-state index is 10.9. The van der Waals surface area contributed by atoms with E-state index in [1.807, 2.05) is 0 Å². The van der Waals surface area contributed by atoms with Crippen molar-refractivity contribution < 1.29 is 10.2 Å². The van der Waals surface area contributed by atoms with E-state index in [0.29, 0.717) is 35.3 Å². The first kappa shape index (κ1) is 28.5. The molecule has 2 aromatic carbocycles. The third-order valence-corrected chi connectivity index (χ3v) is 8.28. The van der Waals surface area contributed by atoms with E-state index in [1.54, 1.807) is 0 Å². The van der Waals surface area contributed by atoms with Gasteiger partial charge in [-0.05, 0) is 96.4 Å². The molecule has 4 heteroatoms. The Kier molecular flexibility index (Phi) is 9.16. The summed E-state index contributed by atoms with van der Waals surface area (Å²) in [6, 6.07) is 4.84. The van der Waals surface area contributed by atoms with Gasteiger partial charge in [-0.15, -0.1) is 0 Å². The molecule has 1 aliphatic heterocycles. The quantitative estimate of drug-likeness (QED) is 0.404. The van der Waals surface area contributed by atoms with Crippen molar-refractivity contribution in [3.05, 3.63) is 56.6 Å². The van der Waals surface area contributed by atoms with Crippen molar-refractivity contribution in [2.75, 3.05) is 19.6 Å². The molecule has 0 spiro atoms. The van der Waals surface area contributed by atoms with E-state index >= 15 is 0 Å². The highest BCUT2D eigenvalue weighted by Crippen LogP contribution is 2.36.